The van der Waals surface area contributed by atoms with Crippen LogP contribution in [0.5, 0.6) is 5.75 Å². The monoisotopic (exact) mass is 322 g/mol. The van der Waals surface area contributed by atoms with Gasteiger partial charge in [-0.15, -0.1) is 0 Å². The zero-order valence-electron chi connectivity index (χ0n) is 13.6. The van der Waals surface area contributed by atoms with E-state index in [9.17, 15) is 9.59 Å². The Hall–Kier alpha value is -3.08. The molecule has 0 spiro atoms. The van der Waals surface area contributed by atoms with Gasteiger partial charge >= 0.3 is 0 Å². The number of hydrogen-bond acceptors (Lipinski definition) is 3. The zero-order valence-corrected chi connectivity index (χ0v) is 13.6. The number of carbonyl (C=O) groups is 1. The first-order chi connectivity index (χ1) is 11.5. The first-order valence-corrected chi connectivity index (χ1v) is 7.65. The molecule has 0 aliphatic heterocycles. The van der Waals surface area contributed by atoms with Gasteiger partial charge in [-0.25, -0.2) is 0 Å². The van der Waals surface area contributed by atoms with Crippen molar-refractivity contribution in [1.29, 1.82) is 0 Å². The number of para-hydroxylation sites is 1. The largest absolute Gasteiger partial charge is 0.483 e. The maximum Gasteiger partial charge on any atom is 0.262 e. The topological polar surface area (TPSA) is 71.2 Å². The molecule has 0 aliphatic carbocycles. The third-order valence-corrected chi connectivity index (χ3v) is 3.77. The lowest BCUT2D eigenvalue weighted by Gasteiger charge is -2.10. The molecule has 1 amide bonds. The smallest absolute Gasteiger partial charge is 0.262 e. The summed E-state index contributed by atoms with van der Waals surface area (Å²) in [6.07, 6.45) is 0. The number of nitrogens with one attached hydrogen (secondary N) is 2. The summed E-state index contributed by atoms with van der Waals surface area (Å²) >= 11 is 0. The minimum atomic E-state index is -0.257. The number of hydrogen-bond donors (Lipinski definition) is 2. The van der Waals surface area contributed by atoms with E-state index in [1.54, 1.807) is 19.1 Å². The molecule has 3 aromatic rings. The van der Waals surface area contributed by atoms with E-state index in [4.69, 9.17) is 4.74 Å². The van der Waals surface area contributed by atoms with Crippen molar-refractivity contribution in [2.75, 3.05) is 11.9 Å². The number of aryl methyl sites for hydroxylation is 2. The summed E-state index contributed by atoms with van der Waals surface area (Å²) in [6, 6.07) is 14.7. The molecule has 0 saturated carbocycles. The van der Waals surface area contributed by atoms with Crippen LogP contribution in [0.1, 0.15) is 11.1 Å². The van der Waals surface area contributed by atoms with Gasteiger partial charge < -0.3 is 15.0 Å². The minimum absolute atomic E-state index is 0.0761. The predicted molar refractivity (Wildman–Crippen MR) is 94.6 cm³/mol. The van der Waals surface area contributed by atoms with Crippen LogP contribution in [0.3, 0.4) is 0 Å². The average molecular weight is 322 g/mol. The number of carbonyl (C=O) groups excluding carboxylic acids is 1. The summed E-state index contributed by atoms with van der Waals surface area (Å²) in [5, 5.41) is 3.69. The molecule has 0 fully saturated rings. The maximum absolute atomic E-state index is 12.0. The van der Waals surface area contributed by atoms with Crippen molar-refractivity contribution < 1.29 is 9.53 Å². The van der Waals surface area contributed by atoms with Crippen molar-refractivity contribution in [2.24, 2.45) is 0 Å². The van der Waals surface area contributed by atoms with Crippen LogP contribution in [0.4, 0.5) is 5.69 Å². The van der Waals surface area contributed by atoms with E-state index in [-0.39, 0.29) is 18.1 Å². The number of rotatable bonds is 4. The summed E-state index contributed by atoms with van der Waals surface area (Å²) in [6.45, 7) is 3.61. The van der Waals surface area contributed by atoms with Gasteiger partial charge in [0.25, 0.3) is 11.5 Å². The van der Waals surface area contributed by atoms with E-state index >= 15 is 0 Å². The Labute approximate surface area is 139 Å². The molecule has 0 unspecified atom stereocenters. The van der Waals surface area contributed by atoms with Gasteiger partial charge in [-0.05, 0) is 49.1 Å². The van der Waals surface area contributed by atoms with E-state index in [1.165, 1.54) is 0 Å². The van der Waals surface area contributed by atoms with Gasteiger partial charge in [-0.3, -0.25) is 9.59 Å². The predicted octanol–water partition coefficient (Wildman–Crippen LogP) is 3.16. The lowest BCUT2D eigenvalue weighted by atomic mass is 10.1. The van der Waals surface area contributed by atoms with Crippen LogP contribution in [0.25, 0.3) is 10.9 Å². The molecule has 24 heavy (non-hydrogen) atoms. The number of fused-ring (bicyclic) bond motifs is 1. The lowest BCUT2D eigenvalue weighted by Crippen LogP contribution is -2.20. The van der Waals surface area contributed by atoms with E-state index in [1.807, 2.05) is 43.3 Å². The van der Waals surface area contributed by atoms with E-state index in [2.05, 4.69) is 10.3 Å². The number of H-pyrrole nitrogens is 1. The zero-order chi connectivity index (χ0) is 17.1. The second-order valence-corrected chi connectivity index (χ2v) is 5.69. The fourth-order valence-electron chi connectivity index (χ4n) is 2.45. The molecule has 0 atom stereocenters. The van der Waals surface area contributed by atoms with Crippen molar-refractivity contribution >= 4 is 22.5 Å². The van der Waals surface area contributed by atoms with Crippen LogP contribution in [0, 0.1) is 13.8 Å². The standard InChI is InChI=1S/C19H18N2O3/c1-12-5-3-4-6-17(12)24-11-18(22)20-15-8-7-14-9-13(2)19(23)21-16(14)10-15/h3-10H,11H2,1-2H3,(H,20,22)(H,21,23). The highest BCUT2D eigenvalue weighted by molar-refractivity contribution is 5.94. The molecule has 5 heteroatoms. The molecular formula is C19H18N2O3. The molecule has 1 aromatic heterocycles. The highest BCUT2D eigenvalue weighted by Crippen LogP contribution is 2.18. The van der Waals surface area contributed by atoms with E-state index in [0.717, 1.165) is 10.9 Å². The Kier molecular flexibility index (Phi) is 4.33. The maximum atomic E-state index is 12.0. The second kappa shape index (κ2) is 6.58. The minimum Gasteiger partial charge on any atom is -0.483 e. The quantitative estimate of drug-likeness (QED) is 0.775. The molecular weight excluding hydrogens is 304 g/mol. The highest BCUT2D eigenvalue weighted by atomic mass is 16.5. The fraction of sp³-hybridized carbons (Fsp3) is 0.158. The summed E-state index contributed by atoms with van der Waals surface area (Å²) in [4.78, 5) is 26.5. The van der Waals surface area contributed by atoms with E-state index < -0.39 is 0 Å². The van der Waals surface area contributed by atoms with Crippen LogP contribution >= 0.6 is 0 Å². The second-order valence-electron chi connectivity index (χ2n) is 5.69. The molecule has 0 aliphatic rings. The number of pyridine rings is 1. The SMILES string of the molecule is Cc1ccccc1OCC(=O)Nc1ccc2cc(C)c(=O)[nH]c2c1. The van der Waals surface area contributed by atoms with Gasteiger partial charge in [0.05, 0.1) is 5.52 Å². The first kappa shape index (κ1) is 15.8. The number of amides is 1. The van der Waals surface area contributed by atoms with Crippen LogP contribution in [0.2, 0.25) is 0 Å². The van der Waals surface area contributed by atoms with Gasteiger partial charge in [-0.1, -0.05) is 24.3 Å². The van der Waals surface area contributed by atoms with Crippen molar-refractivity contribution in [3.8, 4) is 5.75 Å². The molecule has 1 heterocycles. The Morgan fingerprint density at radius 3 is 2.67 bits per heavy atom. The van der Waals surface area contributed by atoms with Crippen LogP contribution < -0.4 is 15.6 Å². The summed E-state index contributed by atoms with van der Waals surface area (Å²) < 4.78 is 5.52. The van der Waals surface area contributed by atoms with Crippen molar-refractivity contribution in [1.82, 2.24) is 4.98 Å². The summed E-state index contributed by atoms with van der Waals surface area (Å²) in [5.41, 5.74) is 2.80. The highest BCUT2D eigenvalue weighted by Gasteiger charge is 2.06. The molecule has 0 saturated heterocycles. The number of anilines is 1. The molecule has 5 nitrogen and oxygen atoms in total. The molecule has 122 valence electrons. The lowest BCUT2D eigenvalue weighted by molar-refractivity contribution is -0.118. The number of ether oxygens (including phenoxy) is 1. The average Bonchev–Trinajstić information content (AvgIpc) is 2.55. The first-order valence-electron chi connectivity index (χ1n) is 7.65. The van der Waals surface area contributed by atoms with Gasteiger partial charge in [0.2, 0.25) is 0 Å². The Balaban J connectivity index is 1.70. The van der Waals surface area contributed by atoms with Crippen LogP contribution in [-0.2, 0) is 4.79 Å². The van der Waals surface area contributed by atoms with Gasteiger partial charge in [0.1, 0.15) is 5.75 Å². The van der Waals surface area contributed by atoms with Crippen LogP contribution in [-0.4, -0.2) is 17.5 Å². The summed E-state index contributed by atoms with van der Waals surface area (Å²) in [7, 11) is 0. The van der Waals surface area contributed by atoms with Gasteiger partial charge in [0.15, 0.2) is 6.61 Å². The molecule has 3 rings (SSSR count). The molecule has 2 N–H and O–H groups in total. The Bertz CT molecular complexity index is 960. The van der Waals surface area contributed by atoms with Gasteiger partial charge in [0, 0.05) is 11.3 Å². The summed E-state index contributed by atoms with van der Waals surface area (Å²) in [5.74, 6) is 0.429. The molecule has 0 radical (unpaired) electrons. The normalized spacial score (nSPS) is 10.6. The molecule has 0 bridgehead atoms. The van der Waals surface area contributed by atoms with E-state index in [0.29, 0.717) is 22.5 Å². The van der Waals surface area contributed by atoms with Crippen molar-refractivity contribution in [3.63, 3.8) is 0 Å². The third kappa shape index (κ3) is 3.46. The number of aromatic amines is 1. The van der Waals surface area contributed by atoms with Crippen LogP contribution in [0.15, 0.2) is 53.3 Å². The number of aromatic nitrogens is 1. The fourth-order valence-corrected chi connectivity index (χ4v) is 2.45. The third-order valence-electron chi connectivity index (χ3n) is 3.77. The molecule has 2 aromatic carbocycles. The van der Waals surface area contributed by atoms with Crippen molar-refractivity contribution in [3.05, 3.63) is 70.0 Å². The number of benzene rings is 2. The Morgan fingerprint density at radius 2 is 1.88 bits per heavy atom. The Morgan fingerprint density at radius 1 is 1.08 bits per heavy atom. The van der Waals surface area contributed by atoms with Crippen molar-refractivity contribution in [2.45, 2.75) is 13.8 Å². The van der Waals surface area contributed by atoms with Gasteiger partial charge in [-0.2, -0.15) is 0 Å².